The number of hydrogen-bond acceptors (Lipinski definition) is 2. The summed E-state index contributed by atoms with van der Waals surface area (Å²) in [6.07, 6.45) is 0.365. The van der Waals surface area contributed by atoms with Gasteiger partial charge in [0.15, 0.2) is 0 Å². The predicted octanol–water partition coefficient (Wildman–Crippen LogP) is 1.35. The fraction of sp³-hybridized carbons (Fsp3) is 0.364. The quantitative estimate of drug-likeness (QED) is 0.814. The van der Waals surface area contributed by atoms with E-state index in [0.717, 1.165) is 5.56 Å². The van der Waals surface area contributed by atoms with E-state index in [1.165, 1.54) is 0 Å². The lowest BCUT2D eigenvalue weighted by Gasteiger charge is -2.07. The zero-order chi connectivity index (χ0) is 11.3. The summed E-state index contributed by atoms with van der Waals surface area (Å²) in [6.45, 7) is 2.36. The van der Waals surface area contributed by atoms with E-state index in [1.807, 2.05) is 19.1 Å². The van der Waals surface area contributed by atoms with Gasteiger partial charge in [0.05, 0.1) is 6.42 Å². The molecule has 0 aliphatic carbocycles. The van der Waals surface area contributed by atoms with Gasteiger partial charge in [-0.25, -0.2) is 0 Å². The molecule has 15 heavy (non-hydrogen) atoms. The molecule has 0 aliphatic heterocycles. The number of carbonyl (C=O) groups excluding carboxylic acids is 1. The predicted molar refractivity (Wildman–Crippen MR) is 61.8 cm³/mol. The van der Waals surface area contributed by atoms with Crippen molar-refractivity contribution in [1.82, 2.24) is 5.32 Å². The minimum Gasteiger partial charge on any atom is -0.354 e. The van der Waals surface area contributed by atoms with Gasteiger partial charge >= 0.3 is 0 Å². The molecular formula is C11H15ClN2O. The van der Waals surface area contributed by atoms with Gasteiger partial charge < -0.3 is 11.1 Å². The Morgan fingerprint density at radius 1 is 1.47 bits per heavy atom. The third-order valence-corrected chi connectivity index (χ3v) is 2.15. The lowest BCUT2D eigenvalue weighted by Crippen LogP contribution is -2.35. The van der Waals surface area contributed by atoms with Gasteiger partial charge in [-0.2, -0.15) is 0 Å². The summed E-state index contributed by atoms with van der Waals surface area (Å²) in [7, 11) is 0. The van der Waals surface area contributed by atoms with Crippen molar-refractivity contribution in [3.05, 3.63) is 34.9 Å². The van der Waals surface area contributed by atoms with E-state index >= 15 is 0 Å². The van der Waals surface area contributed by atoms with Crippen molar-refractivity contribution < 1.29 is 4.79 Å². The summed E-state index contributed by atoms with van der Waals surface area (Å²) in [4.78, 5) is 11.4. The average Bonchev–Trinajstić information content (AvgIpc) is 2.19. The van der Waals surface area contributed by atoms with Crippen molar-refractivity contribution in [3.63, 3.8) is 0 Å². The van der Waals surface area contributed by atoms with Crippen LogP contribution in [-0.2, 0) is 11.2 Å². The van der Waals surface area contributed by atoms with Crippen LogP contribution in [0.4, 0.5) is 0 Å². The highest BCUT2D eigenvalue weighted by Gasteiger charge is 2.03. The molecule has 1 aromatic rings. The lowest BCUT2D eigenvalue weighted by molar-refractivity contribution is -0.120. The van der Waals surface area contributed by atoms with Crippen LogP contribution in [0.2, 0.25) is 5.02 Å². The van der Waals surface area contributed by atoms with Crippen molar-refractivity contribution in [3.8, 4) is 0 Å². The minimum atomic E-state index is -0.0189. The monoisotopic (exact) mass is 226 g/mol. The first-order valence-corrected chi connectivity index (χ1v) is 5.22. The topological polar surface area (TPSA) is 55.1 Å². The minimum absolute atomic E-state index is 0.0147. The lowest BCUT2D eigenvalue weighted by atomic mass is 10.1. The van der Waals surface area contributed by atoms with Gasteiger partial charge in [-0.15, -0.1) is 0 Å². The highest BCUT2D eigenvalue weighted by atomic mass is 35.5. The maximum Gasteiger partial charge on any atom is 0.224 e. The van der Waals surface area contributed by atoms with Crippen LogP contribution in [0.15, 0.2) is 24.3 Å². The Balaban J connectivity index is 2.41. The number of amides is 1. The van der Waals surface area contributed by atoms with Crippen LogP contribution >= 0.6 is 11.6 Å². The molecule has 0 saturated heterocycles. The van der Waals surface area contributed by atoms with Crippen molar-refractivity contribution in [2.24, 2.45) is 5.73 Å². The van der Waals surface area contributed by atoms with Crippen molar-refractivity contribution in [2.75, 3.05) is 6.54 Å². The van der Waals surface area contributed by atoms with E-state index in [4.69, 9.17) is 17.3 Å². The second-order valence-electron chi connectivity index (χ2n) is 3.58. The van der Waals surface area contributed by atoms with Crippen LogP contribution in [0, 0.1) is 0 Å². The van der Waals surface area contributed by atoms with Crippen LogP contribution < -0.4 is 11.1 Å². The van der Waals surface area contributed by atoms with Gasteiger partial charge in [0.25, 0.3) is 0 Å². The molecule has 0 radical (unpaired) electrons. The number of rotatable bonds is 4. The van der Waals surface area contributed by atoms with Gasteiger partial charge in [-0.1, -0.05) is 23.7 Å². The molecule has 0 bridgehead atoms. The molecule has 3 N–H and O–H groups in total. The van der Waals surface area contributed by atoms with E-state index < -0.39 is 0 Å². The number of benzene rings is 1. The molecule has 1 atom stereocenters. The normalized spacial score (nSPS) is 12.2. The number of nitrogens with one attached hydrogen (secondary N) is 1. The third kappa shape index (κ3) is 4.81. The van der Waals surface area contributed by atoms with Crippen LogP contribution in [0.25, 0.3) is 0 Å². The first-order valence-electron chi connectivity index (χ1n) is 4.84. The molecular weight excluding hydrogens is 212 g/mol. The molecule has 0 fully saturated rings. The van der Waals surface area contributed by atoms with E-state index in [1.54, 1.807) is 12.1 Å². The number of hydrogen-bond donors (Lipinski definition) is 2. The van der Waals surface area contributed by atoms with Crippen molar-refractivity contribution in [2.45, 2.75) is 19.4 Å². The van der Waals surface area contributed by atoms with Gasteiger partial charge in [-0.3, -0.25) is 4.79 Å². The molecule has 82 valence electrons. The zero-order valence-corrected chi connectivity index (χ0v) is 9.42. The van der Waals surface area contributed by atoms with E-state index in [2.05, 4.69) is 5.32 Å². The molecule has 4 heteroatoms. The molecule has 1 unspecified atom stereocenters. The fourth-order valence-electron chi connectivity index (χ4n) is 1.12. The second kappa shape index (κ2) is 5.73. The summed E-state index contributed by atoms with van der Waals surface area (Å²) in [6, 6.07) is 7.21. The Morgan fingerprint density at radius 3 is 2.60 bits per heavy atom. The van der Waals surface area contributed by atoms with E-state index in [0.29, 0.717) is 18.0 Å². The van der Waals surface area contributed by atoms with Gasteiger partial charge in [0.1, 0.15) is 0 Å². The number of halogens is 1. The highest BCUT2D eigenvalue weighted by Crippen LogP contribution is 2.09. The molecule has 1 aromatic carbocycles. The summed E-state index contributed by atoms with van der Waals surface area (Å²) < 4.78 is 0. The van der Waals surface area contributed by atoms with E-state index in [9.17, 15) is 4.79 Å². The number of nitrogens with two attached hydrogens (primary N) is 1. The molecule has 1 amide bonds. The van der Waals surface area contributed by atoms with Crippen LogP contribution in [0.1, 0.15) is 12.5 Å². The molecule has 1 rings (SSSR count). The smallest absolute Gasteiger partial charge is 0.224 e. The summed E-state index contributed by atoms with van der Waals surface area (Å²) in [5.41, 5.74) is 6.47. The largest absolute Gasteiger partial charge is 0.354 e. The maximum absolute atomic E-state index is 11.4. The van der Waals surface area contributed by atoms with Gasteiger partial charge in [-0.05, 0) is 24.6 Å². The first kappa shape index (κ1) is 12.0. The molecule has 3 nitrogen and oxygen atoms in total. The highest BCUT2D eigenvalue weighted by molar-refractivity contribution is 6.30. The molecule has 0 spiro atoms. The molecule has 0 aliphatic rings. The van der Waals surface area contributed by atoms with Gasteiger partial charge in [0.2, 0.25) is 5.91 Å². The first-order chi connectivity index (χ1) is 7.08. The fourth-order valence-corrected chi connectivity index (χ4v) is 1.25. The standard InChI is InChI=1S/C11H15ClN2O/c1-8(13)7-14-11(15)6-9-2-4-10(12)5-3-9/h2-5,8H,6-7,13H2,1H3,(H,14,15). The molecule has 0 heterocycles. The molecule has 0 saturated carbocycles. The molecule has 0 aromatic heterocycles. The van der Waals surface area contributed by atoms with Crippen LogP contribution in [0.5, 0.6) is 0 Å². The maximum atomic E-state index is 11.4. The van der Waals surface area contributed by atoms with Crippen LogP contribution in [-0.4, -0.2) is 18.5 Å². The Labute approximate surface area is 94.6 Å². The van der Waals surface area contributed by atoms with E-state index in [-0.39, 0.29) is 11.9 Å². The summed E-state index contributed by atoms with van der Waals surface area (Å²) in [5.74, 6) is -0.0189. The Hall–Kier alpha value is -1.06. The Bertz CT molecular complexity index is 322. The second-order valence-corrected chi connectivity index (χ2v) is 4.02. The Kier molecular flexibility index (Phi) is 4.59. The van der Waals surface area contributed by atoms with Gasteiger partial charge in [0, 0.05) is 17.6 Å². The van der Waals surface area contributed by atoms with Crippen LogP contribution in [0.3, 0.4) is 0 Å². The van der Waals surface area contributed by atoms with Crippen molar-refractivity contribution in [1.29, 1.82) is 0 Å². The van der Waals surface area contributed by atoms with Crippen molar-refractivity contribution >= 4 is 17.5 Å². The Morgan fingerprint density at radius 2 is 2.07 bits per heavy atom. The third-order valence-electron chi connectivity index (χ3n) is 1.90. The average molecular weight is 227 g/mol. The summed E-state index contributed by atoms with van der Waals surface area (Å²) in [5, 5.41) is 3.42. The summed E-state index contributed by atoms with van der Waals surface area (Å²) >= 11 is 5.73. The SMILES string of the molecule is CC(N)CNC(=O)Cc1ccc(Cl)cc1. The number of carbonyl (C=O) groups is 1. The zero-order valence-electron chi connectivity index (χ0n) is 8.66.